The molecule has 10 rings (SSSR count). The second kappa shape index (κ2) is 24.8. The molecule has 9 aromatic rings. The topological polar surface area (TPSA) is 0 Å². The van der Waals surface area contributed by atoms with Crippen LogP contribution in [0.4, 0.5) is 0 Å². The molecule has 1 atom stereocenters. The van der Waals surface area contributed by atoms with Crippen molar-refractivity contribution in [1.29, 1.82) is 0 Å². The van der Waals surface area contributed by atoms with Gasteiger partial charge in [-0.05, 0) is 0 Å². The molecular weight excluding hydrogens is 1080 g/mol. The Balaban J connectivity index is 0.00000308. The van der Waals surface area contributed by atoms with Crippen LogP contribution in [0.1, 0.15) is 94.5 Å². The van der Waals surface area contributed by atoms with E-state index >= 15 is 0 Å². The Hall–Kier alpha value is -5.74. The van der Waals surface area contributed by atoms with Crippen molar-refractivity contribution in [2.75, 3.05) is 0 Å². The van der Waals surface area contributed by atoms with Crippen molar-refractivity contribution in [2.24, 2.45) is 5.92 Å². The molecule has 0 spiro atoms. The van der Waals surface area contributed by atoms with Crippen LogP contribution in [0.3, 0.4) is 0 Å². The molecule has 0 N–H and O–H groups in total. The Labute approximate surface area is 507 Å². The van der Waals surface area contributed by atoms with Gasteiger partial charge in [0.25, 0.3) is 0 Å². The maximum absolute atomic E-state index is 3.29. The summed E-state index contributed by atoms with van der Waals surface area (Å²) in [4.78, 5) is 0. The Kier molecular flexibility index (Phi) is 19.2. The molecule has 0 aromatic heterocycles. The van der Waals surface area contributed by atoms with Crippen LogP contribution in [0.2, 0.25) is 0 Å². The van der Waals surface area contributed by atoms with Crippen LogP contribution in [-0.2, 0) is 18.4 Å². The fourth-order valence-electron chi connectivity index (χ4n) is 13.5. The number of rotatable bonds is 11. The standard InChI is InChI=1S/C66H63Si.C9H13.3ClH.Ti/c1-40-19-13-20-41(2)61(40)52-31-53(62-42(3)21-14-22-43(62)4)35-58(34-52)67(59-36-54(63-44(5)23-15-24-45(63)6)32-55(37-59)64-46(7)25-16-26-47(64)8)60-38-56(65-48(9)27-17-28-49(65)10)33-57(39-60)66-50(11)29-18-30-51(66)12;1-6-5-7(2)9(4)8(6)3;;;;/h13-39H,1-12H3;6H,1-4H3;3*1H;/q;;;;;+3/p-3. The summed E-state index contributed by atoms with van der Waals surface area (Å²) in [6, 6.07) is 65.0. The Morgan fingerprint density at radius 2 is 0.463 bits per heavy atom. The maximum atomic E-state index is 2.71. The molecule has 1 aliphatic rings. The van der Waals surface area contributed by atoms with Crippen molar-refractivity contribution in [3.63, 3.8) is 0 Å². The van der Waals surface area contributed by atoms with Gasteiger partial charge < -0.3 is 37.2 Å². The van der Waals surface area contributed by atoms with Crippen LogP contribution in [0.5, 0.6) is 0 Å². The van der Waals surface area contributed by atoms with Crippen LogP contribution in [0.25, 0.3) is 66.8 Å². The van der Waals surface area contributed by atoms with E-state index in [1.807, 2.05) is 0 Å². The van der Waals surface area contributed by atoms with Crippen molar-refractivity contribution in [1.82, 2.24) is 0 Å². The van der Waals surface area contributed by atoms with E-state index in [1.165, 1.54) is 166 Å². The number of halogens is 3. The average molecular weight is 1160 g/mol. The average Bonchev–Trinajstić information content (AvgIpc) is 3.55. The zero-order chi connectivity index (χ0) is 54.8. The summed E-state index contributed by atoms with van der Waals surface area (Å²) in [6.45, 7) is 37.5. The molecule has 0 saturated carbocycles. The van der Waals surface area contributed by atoms with Crippen molar-refractivity contribution >= 4 is 21.5 Å². The number of aryl methyl sites for hydroxylation is 12. The third-order valence-corrected chi connectivity index (χ3v) is 30.1. The van der Waals surface area contributed by atoms with Crippen molar-refractivity contribution in [3.8, 4) is 66.8 Å². The van der Waals surface area contributed by atoms with Crippen LogP contribution < -0.4 is 52.8 Å². The largest absolute Gasteiger partial charge is 1.00 e. The summed E-state index contributed by atoms with van der Waals surface area (Å²) in [7, 11) is 0. The first kappa shape index (κ1) is 61.9. The van der Waals surface area contributed by atoms with E-state index in [1.54, 1.807) is 3.88 Å². The van der Waals surface area contributed by atoms with Crippen molar-refractivity contribution in [2.45, 2.75) is 111 Å². The van der Waals surface area contributed by atoms with E-state index in [2.05, 4.69) is 275 Å². The summed E-state index contributed by atoms with van der Waals surface area (Å²) in [5, 5.41) is 4.46. The fourth-order valence-corrected chi connectivity index (χ4v) is 26.4. The molecule has 9 aromatic carbocycles. The monoisotopic (exact) mass is 1160 g/mol. The third kappa shape index (κ3) is 11.2. The second-order valence-corrected chi connectivity index (χ2v) is 31.9. The number of hydrogen-bond donors (Lipinski definition) is 0. The van der Waals surface area contributed by atoms with Gasteiger partial charge in [-0.25, -0.2) is 0 Å². The maximum Gasteiger partial charge on any atom is -1.00 e. The van der Waals surface area contributed by atoms with Crippen molar-refractivity contribution in [3.05, 3.63) is 251 Å². The Morgan fingerprint density at radius 3 is 0.625 bits per heavy atom. The molecule has 0 fully saturated rings. The number of allylic oxidation sites excluding steroid dienone is 4. The van der Waals surface area contributed by atoms with Gasteiger partial charge in [0.15, 0.2) is 0 Å². The van der Waals surface area contributed by atoms with Gasteiger partial charge in [-0.1, -0.05) is 0 Å². The van der Waals surface area contributed by atoms with E-state index < -0.39 is 24.3 Å². The molecule has 0 nitrogen and oxygen atoms in total. The third-order valence-electron chi connectivity index (χ3n) is 17.7. The zero-order valence-corrected chi connectivity index (χ0v) is 54.6. The molecule has 1 aliphatic carbocycles. The number of benzene rings is 9. The molecule has 0 radical (unpaired) electrons. The summed E-state index contributed by atoms with van der Waals surface area (Å²) in [5.74, 6) is -2.94. The molecule has 1 unspecified atom stereocenters. The minimum absolute atomic E-state index is 0. The molecule has 405 valence electrons. The van der Waals surface area contributed by atoms with Gasteiger partial charge in [0.2, 0.25) is 0 Å². The van der Waals surface area contributed by atoms with E-state index in [0.717, 1.165) is 0 Å². The predicted octanol–water partition coefficient (Wildman–Crippen LogP) is 9.71. The molecule has 0 amide bonds. The Bertz CT molecular complexity index is 3240. The van der Waals surface area contributed by atoms with Gasteiger partial charge in [-0.3, -0.25) is 0 Å². The van der Waals surface area contributed by atoms with Gasteiger partial charge in [0.05, 0.1) is 0 Å². The molecule has 80 heavy (non-hydrogen) atoms. The van der Waals surface area contributed by atoms with Crippen LogP contribution in [0.15, 0.2) is 184 Å². The van der Waals surface area contributed by atoms with Gasteiger partial charge in [0.1, 0.15) is 0 Å². The molecule has 0 saturated heterocycles. The normalized spacial score (nSPS) is 13.2. The molecule has 0 bridgehead atoms. The number of hydrogen-bond acceptors (Lipinski definition) is 0. The minimum atomic E-state index is -3.29. The van der Waals surface area contributed by atoms with Gasteiger partial charge >= 0.3 is 475 Å². The van der Waals surface area contributed by atoms with Crippen LogP contribution in [0, 0.1) is 89.0 Å². The quantitative estimate of drug-likeness (QED) is 0.0895. The van der Waals surface area contributed by atoms with E-state index in [9.17, 15) is 0 Å². The molecule has 5 heteroatoms. The van der Waals surface area contributed by atoms with E-state index in [4.69, 9.17) is 0 Å². The molecular formula is C75H76Cl3SiTi. The SMILES string of the molecule is CC1=C(C)C(C)[C]([Ti+3][Si](c2cc(-c3c(C)cccc3C)cc(-c3c(C)cccc3C)c2)(c2cc(-c3c(C)cccc3C)cc(-c3c(C)cccc3C)c2)c2cc(-c3c(C)cccc3C)cc(-c3c(C)cccc3C)c2)=C1C.[Cl-].[Cl-].[Cl-]. The first-order chi connectivity index (χ1) is 36.8. The van der Waals surface area contributed by atoms with Gasteiger partial charge in [-0.15, -0.1) is 0 Å². The minimum Gasteiger partial charge on any atom is -1.00 e. The summed E-state index contributed by atoms with van der Waals surface area (Å²) in [5.41, 5.74) is 36.0. The van der Waals surface area contributed by atoms with Gasteiger partial charge in [0, 0.05) is 0 Å². The smallest absolute Gasteiger partial charge is 1.00 e. The van der Waals surface area contributed by atoms with E-state index in [0.29, 0.717) is 5.92 Å². The van der Waals surface area contributed by atoms with Crippen molar-refractivity contribution < 1.29 is 55.6 Å². The Morgan fingerprint density at radius 1 is 0.275 bits per heavy atom. The summed E-state index contributed by atoms with van der Waals surface area (Å²) in [6.07, 6.45) is 0. The second-order valence-electron chi connectivity index (χ2n) is 22.9. The van der Waals surface area contributed by atoms with Gasteiger partial charge in [-0.2, -0.15) is 0 Å². The fraction of sp³-hybridized carbons (Fsp3) is 0.227. The van der Waals surface area contributed by atoms with Crippen LogP contribution in [-0.4, -0.2) is 5.94 Å². The first-order valence-electron chi connectivity index (χ1n) is 27.8. The zero-order valence-electron chi connectivity index (χ0n) is 49.8. The first-order valence-corrected chi connectivity index (χ1v) is 32.9. The van der Waals surface area contributed by atoms with E-state index in [-0.39, 0.29) is 37.2 Å². The summed E-state index contributed by atoms with van der Waals surface area (Å²) >= 11 is -1.05. The predicted molar refractivity (Wildman–Crippen MR) is 334 cm³/mol. The molecule has 0 heterocycles. The molecule has 0 aliphatic heterocycles. The van der Waals surface area contributed by atoms with Crippen LogP contribution >= 0.6 is 0 Å². The summed E-state index contributed by atoms with van der Waals surface area (Å²) < 4.78 is 1.69.